The van der Waals surface area contributed by atoms with Crippen LogP contribution in [0.3, 0.4) is 0 Å². The molecule has 1 saturated carbocycles. The van der Waals surface area contributed by atoms with Crippen LogP contribution in [-0.2, 0) is 9.59 Å². The maximum atomic E-state index is 12.4. The maximum absolute atomic E-state index is 12.4. The standard InChI is InChI=1S/C23H28N4O3/c1-27(23-24-15-6-16-25-23)19-13-11-17(12-14-19)7-5-10-20(22(29)30)26-21(28)18-8-3-2-4-9-18/h5-7,11-16,18,20H,2-4,8-10H2,1H3,(H,26,28)(H,29,30)/b7-5+/t20-/m0/s1. The van der Waals surface area contributed by atoms with Crippen molar-refractivity contribution in [1.29, 1.82) is 0 Å². The monoisotopic (exact) mass is 408 g/mol. The third-order valence-corrected chi connectivity index (χ3v) is 5.41. The van der Waals surface area contributed by atoms with Gasteiger partial charge in [-0.3, -0.25) is 4.79 Å². The fraction of sp³-hybridized carbons (Fsp3) is 0.391. The quantitative estimate of drug-likeness (QED) is 0.690. The molecule has 2 aromatic rings. The zero-order valence-corrected chi connectivity index (χ0v) is 17.2. The van der Waals surface area contributed by atoms with E-state index in [0.717, 1.165) is 43.4 Å². The summed E-state index contributed by atoms with van der Waals surface area (Å²) in [5.41, 5.74) is 1.89. The molecule has 2 N–H and O–H groups in total. The van der Waals surface area contributed by atoms with Gasteiger partial charge in [0.15, 0.2) is 0 Å². The highest BCUT2D eigenvalue weighted by atomic mass is 16.4. The lowest BCUT2D eigenvalue weighted by Crippen LogP contribution is -2.43. The van der Waals surface area contributed by atoms with Gasteiger partial charge in [0.25, 0.3) is 0 Å². The van der Waals surface area contributed by atoms with E-state index in [2.05, 4.69) is 15.3 Å². The first-order valence-corrected chi connectivity index (χ1v) is 10.3. The molecular weight excluding hydrogens is 380 g/mol. The second-order valence-electron chi connectivity index (χ2n) is 7.57. The minimum Gasteiger partial charge on any atom is -0.480 e. The number of carbonyl (C=O) groups excluding carboxylic acids is 1. The normalized spacial score (nSPS) is 15.6. The van der Waals surface area contributed by atoms with Crippen molar-refractivity contribution in [2.45, 2.75) is 44.6 Å². The molecule has 1 atom stereocenters. The van der Waals surface area contributed by atoms with Gasteiger partial charge in [-0.2, -0.15) is 0 Å². The summed E-state index contributed by atoms with van der Waals surface area (Å²) in [6.45, 7) is 0. The predicted octanol–water partition coefficient (Wildman–Crippen LogP) is 3.80. The molecule has 1 heterocycles. The van der Waals surface area contributed by atoms with Crippen molar-refractivity contribution in [2.75, 3.05) is 11.9 Å². The molecule has 0 bridgehead atoms. The molecule has 0 aliphatic heterocycles. The number of hydrogen-bond donors (Lipinski definition) is 2. The maximum Gasteiger partial charge on any atom is 0.326 e. The zero-order valence-electron chi connectivity index (χ0n) is 17.2. The van der Waals surface area contributed by atoms with Crippen LogP contribution in [-0.4, -0.2) is 40.0 Å². The van der Waals surface area contributed by atoms with Crippen LogP contribution in [0.5, 0.6) is 0 Å². The van der Waals surface area contributed by atoms with Gasteiger partial charge in [0.2, 0.25) is 11.9 Å². The molecule has 0 spiro atoms. The Kier molecular flexibility index (Phi) is 7.54. The van der Waals surface area contributed by atoms with E-state index in [1.54, 1.807) is 24.5 Å². The zero-order chi connectivity index (χ0) is 21.3. The van der Waals surface area contributed by atoms with Crippen LogP contribution in [0.2, 0.25) is 0 Å². The summed E-state index contributed by atoms with van der Waals surface area (Å²) in [6, 6.07) is 8.66. The van der Waals surface area contributed by atoms with Gasteiger partial charge in [-0.25, -0.2) is 14.8 Å². The number of hydrogen-bond acceptors (Lipinski definition) is 5. The molecule has 0 saturated heterocycles. The Morgan fingerprint density at radius 2 is 1.83 bits per heavy atom. The lowest BCUT2D eigenvalue weighted by atomic mass is 9.88. The molecule has 1 aromatic carbocycles. The van der Waals surface area contributed by atoms with E-state index in [1.807, 2.05) is 42.3 Å². The topological polar surface area (TPSA) is 95.4 Å². The highest BCUT2D eigenvalue weighted by Crippen LogP contribution is 2.24. The van der Waals surface area contributed by atoms with Crippen LogP contribution in [0.1, 0.15) is 44.1 Å². The number of amides is 1. The molecule has 158 valence electrons. The summed E-state index contributed by atoms with van der Waals surface area (Å²) >= 11 is 0. The first kappa shape index (κ1) is 21.5. The SMILES string of the molecule is CN(c1ccc(/C=C/C[C@H](NC(=O)C2CCCCC2)C(=O)O)cc1)c1ncccn1. The molecule has 1 aromatic heterocycles. The van der Waals surface area contributed by atoms with Crippen molar-refractivity contribution in [3.05, 3.63) is 54.4 Å². The lowest BCUT2D eigenvalue weighted by Gasteiger charge is -2.22. The average molecular weight is 409 g/mol. The van der Waals surface area contributed by atoms with Crippen LogP contribution >= 0.6 is 0 Å². The number of nitrogens with one attached hydrogen (secondary N) is 1. The first-order chi connectivity index (χ1) is 14.5. The minimum absolute atomic E-state index is 0.0530. The predicted molar refractivity (Wildman–Crippen MR) is 116 cm³/mol. The fourth-order valence-electron chi connectivity index (χ4n) is 3.60. The summed E-state index contributed by atoms with van der Waals surface area (Å²) in [4.78, 5) is 34.2. The number of aliphatic carboxylic acids is 1. The number of carbonyl (C=O) groups is 2. The number of nitrogens with zero attached hydrogens (tertiary/aromatic N) is 3. The molecule has 0 unspecified atom stereocenters. The smallest absolute Gasteiger partial charge is 0.326 e. The summed E-state index contributed by atoms with van der Waals surface area (Å²) in [5, 5.41) is 12.2. The van der Waals surface area contributed by atoms with Crippen LogP contribution in [0.15, 0.2) is 48.8 Å². The van der Waals surface area contributed by atoms with Gasteiger partial charge in [0.05, 0.1) is 0 Å². The second-order valence-corrected chi connectivity index (χ2v) is 7.57. The summed E-state index contributed by atoms with van der Waals surface area (Å²) in [5.74, 6) is -0.587. The van der Waals surface area contributed by atoms with Gasteiger partial charge in [0, 0.05) is 31.0 Å². The number of rotatable bonds is 8. The largest absolute Gasteiger partial charge is 0.480 e. The van der Waals surface area contributed by atoms with E-state index in [9.17, 15) is 14.7 Å². The van der Waals surface area contributed by atoms with Gasteiger partial charge >= 0.3 is 5.97 Å². The van der Waals surface area contributed by atoms with Crippen molar-refractivity contribution in [2.24, 2.45) is 5.92 Å². The number of carboxylic acid groups (broad SMARTS) is 1. The Morgan fingerprint density at radius 3 is 2.47 bits per heavy atom. The Labute approximate surface area is 176 Å². The third-order valence-electron chi connectivity index (χ3n) is 5.41. The van der Waals surface area contributed by atoms with E-state index in [0.29, 0.717) is 5.95 Å². The molecular formula is C23H28N4O3. The Balaban J connectivity index is 1.56. The van der Waals surface area contributed by atoms with Crippen LogP contribution in [0, 0.1) is 5.92 Å². The molecule has 0 radical (unpaired) electrons. The molecule has 30 heavy (non-hydrogen) atoms. The van der Waals surface area contributed by atoms with Crippen molar-refractivity contribution in [3.8, 4) is 0 Å². The van der Waals surface area contributed by atoms with Gasteiger partial charge < -0.3 is 15.3 Å². The van der Waals surface area contributed by atoms with Crippen molar-refractivity contribution in [3.63, 3.8) is 0 Å². The highest BCUT2D eigenvalue weighted by molar-refractivity contribution is 5.85. The molecule has 3 rings (SSSR count). The van der Waals surface area contributed by atoms with Crippen LogP contribution < -0.4 is 10.2 Å². The Hall–Kier alpha value is -3.22. The first-order valence-electron chi connectivity index (χ1n) is 10.3. The minimum atomic E-state index is -1.01. The second kappa shape index (κ2) is 10.5. The fourth-order valence-corrected chi connectivity index (χ4v) is 3.60. The number of aromatic nitrogens is 2. The lowest BCUT2D eigenvalue weighted by molar-refractivity contribution is -0.142. The Bertz CT molecular complexity index is 862. The van der Waals surface area contributed by atoms with Crippen LogP contribution in [0.4, 0.5) is 11.6 Å². The van der Waals surface area contributed by atoms with E-state index < -0.39 is 12.0 Å². The van der Waals surface area contributed by atoms with Gasteiger partial charge in [-0.15, -0.1) is 0 Å². The van der Waals surface area contributed by atoms with E-state index in [4.69, 9.17) is 0 Å². The third kappa shape index (κ3) is 5.89. The molecule has 7 heteroatoms. The summed E-state index contributed by atoms with van der Waals surface area (Å²) in [6.07, 6.45) is 12.2. The molecule has 1 aliphatic carbocycles. The van der Waals surface area contributed by atoms with E-state index in [-0.39, 0.29) is 18.2 Å². The number of anilines is 2. The summed E-state index contributed by atoms with van der Waals surface area (Å²) < 4.78 is 0. The van der Waals surface area contributed by atoms with Gasteiger partial charge in [0.1, 0.15) is 6.04 Å². The van der Waals surface area contributed by atoms with Gasteiger partial charge in [-0.1, -0.05) is 43.5 Å². The van der Waals surface area contributed by atoms with E-state index >= 15 is 0 Å². The van der Waals surface area contributed by atoms with Crippen molar-refractivity contribution >= 4 is 29.6 Å². The van der Waals surface area contributed by atoms with Crippen LogP contribution in [0.25, 0.3) is 6.08 Å². The number of benzene rings is 1. The van der Waals surface area contributed by atoms with E-state index in [1.165, 1.54) is 0 Å². The molecule has 1 aliphatic rings. The molecule has 1 amide bonds. The van der Waals surface area contributed by atoms with Crippen molar-refractivity contribution in [1.82, 2.24) is 15.3 Å². The van der Waals surface area contributed by atoms with Gasteiger partial charge in [-0.05, 0) is 43.0 Å². The summed E-state index contributed by atoms with van der Waals surface area (Å²) in [7, 11) is 1.90. The van der Waals surface area contributed by atoms with Crippen molar-refractivity contribution < 1.29 is 14.7 Å². The molecule has 7 nitrogen and oxygen atoms in total. The number of carboxylic acids is 1. The highest BCUT2D eigenvalue weighted by Gasteiger charge is 2.25. The Morgan fingerprint density at radius 1 is 1.17 bits per heavy atom. The molecule has 1 fully saturated rings. The average Bonchev–Trinajstić information content (AvgIpc) is 2.79.